The molecule has 4 heterocycles. The molecule has 2 aliphatic heterocycles. The molecule has 2 N–H and O–H groups in total. The lowest BCUT2D eigenvalue weighted by atomic mass is 9.92. The minimum absolute atomic E-state index is 0.121. The summed E-state index contributed by atoms with van der Waals surface area (Å²) in [6.45, 7) is -0.251. The van der Waals surface area contributed by atoms with Gasteiger partial charge in [-0.05, 0) is 37.1 Å². The average molecular weight is 657 g/mol. The second-order valence-corrected chi connectivity index (χ2v) is 12.3. The number of rotatable bonds is 7. The van der Waals surface area contributed by atoms with Gasteiger partial charge in [0.15, 0.2) is 5.82 Å². The molecule has 0 radical (unpaired) electrons. The van der Waals surface area contributed by atoms with Gasteiger partial charge in [0.25, 0.3) is 6.43 Å². The van der Waals surface area contributed by atoms with E-state index in [1.807, 2.05) is 4.90 Å². The van der Waals surface area contributed by atoms with E-state index in [4.69, 9.17) is 10.5 Å². The number of hydrogen-bond acceptors (Lipinski definition) is 8. The molecule has 7 nitrogen and oxygen atoms in total. The van der Waals surface area contributed by atoms with E-state index in [0.717, 1.165) is 30.5 Å². The van der Waals surface area contributed by atoms with Crippen LogP contribution in [-0.2, 0) is 6.18 Å². The van der Waals surface area contributed by atoms with Crippen LogP contribution in [0.1, 0.15) is 30.4 Å². The van der Waals surface area contributed by atoms with Crippen molar-refractivity contribution in [3.63, 3.8) is 0 Å². The van der Waals surface area contributed by atoms with E-state index in [9.17, 15) is 36.0 Å². The van der Waals surface area contributed by atoms with E-state index >= 15 is 4.39 Å². The molecule has 238 valence electrons. The van der Waals surface area contributed by atoms with Gasteiger partial charge in [-0.15, -0.1) is 11.3 Å². The van der Waals surface area contributed by atoms with Crippen molar-refractivity contribution in [3.05, 3.63) is 41.0 Å². The Morgan fingerprint density at radius 2 is 2.02 bits per heavy atom. The normalized spacial score (nSPS) is 20.3. The molecule has 2 aliphatic rings. The number of benzene rings is 2. The molecule has 6 rings (SSSR count). The summed E-state index contributed by atoms with van der Waals surface area (Å²) in [5, 5.41) is 8.66. The first kappa shape index (κ1) is 31.0. The number of nitrogens with two attached hydrogens (primary N) is 1. The van der Waals surface area contributed by atoms with Crippen molar-refractivity contribution in [2.45, 2.75) is 43.6 Å². The van der Waals surface area contributed by atoms with Crippen molar-refractivity contribution in [2.75, 3.05) is 43.9 Å². The minimum atomic E-state index is -5.20. The highest BCUT2D eigenvalue weighted by atomic mass is 32.1. The molecule has 4 aromatic rings. The quantitative estimate of drug-likeness (QED) is 0.216. The van der Waals surface area contributed by atoms with Crippen LogP contribution in [0.3, 0.4) is 0 Å². The zero-order chi connectivity index (χ0) is 32.4. The third kappa shape index (κ3) is 5.25. The molecule has 2 aromatic heterocycles. The Morgan fingerprint density at radius 1 is 1.27 bits per heavy atom. The van der Waals surface area contributed by atoms with Crippen LogP contribution in [0.2, 0.25) is 0 Å². The maximum Gasteiger partial charge on any atom is 0.417 e. The molecule has 0 amide bonds. The lowest BCUT2D eigenvalue weighted by Crippen LogP contribution is -2.43. The number of halogens is 8. The van der Waals surface area contributed by atoms with Gasteiger partial charge < -0.3 is 15.4 Å². The number of nitrogen functional groups attached to an aromatic ring is 1. The Hall–Kier alpha value is -3.97. The number of anilines is 2. The molecule has 2 saturated heterocycles. The molecule has 0 spiro atoms. The van der Waals surface area contributed by atoms with Crippen LogP contribution in [0.4, 0.5) is 45.9 Å². The van der Waals surface area contributed by atoms with Crippen LogP contribution in [0.5, 0.6) is 6.01 Å². The molecule has 45 heavy (non-hydrogen) atoms. The van der Waals surface area contributed by atoms with Gasteiger partial charge in [0.05, 0.1) is 27.9 Å². The Kier molecular flexibility index (Phi) is 7.67. The van der Waals surface area contributed by atoms with Gasteiger partial charge in [0.1, 0.15) is 41.0 Å². The Bertz CT molecular complexity index is 1860. The number of fused-ring (bicyclic) bond motifs is 3. The fourth-order valence-corrected chi connectivity index (χ4v) is 7.43. The molecular formula is C29H24F8N6OS. The third-order valence-electron chi connectivity index (χ3n) is 8.40. The number of thiophene rings is 1. The van der Waals surface area contributed by atoms with Crippen molar-refractivity contribution in [3.8, 4) is 23.2 Å². The summed E-state index contributed by atoms with van der Waals surface area (Å²) in [6, 6.07) is 3.52. The number of nitrogens with zero attached hydrogens (tertiary/aromatic N) is 5. The van der Waals surface area contributed by atoms with Crippen LogP contribution < -0.4 is 15.4 Å². The first-order valence-electron chi connectivity index (χ1n) is 13.8. The third-order valence-corrected chi connectivity index (χ3v) is 9.43. The van der Waals surface area contributed by atoms with Gasteiger partial charge in [-0.25, -0.2) is 22.0 Å². The molecule has 16 heteroatoms. The fraction of sp³-hybridized carbons (Fsp3) is 0.414. The molecule has 2 fully saturated rings. The fourth-order valence-electron chi connectivity index (χ4n) is 6.48. The van der Waals surface area contributed by atoms with Crippen LogP contribution in [-0.4, -0.2) is 66.3 Å². The second-order valence-electron chi connectivity index (χ2n) is 11.2. The topological polar surface area (TPSA) is 91.3 Å². The van der Waals surface area contributed by atoms with E-state index in [1.54, 1.807) is 6.07 Å². The second kappa shape index (κ2) is 11.1. The lowest BCUT2D eigenvalue weighted by Gasteiger charge is -2.31. The maximum atomic E-state index is 16.6. The zero-order valence-electron chi connectivity index (χ0n) is 23.5. The number of hydrogen-bond donors (Lipinski definition) is 1. The summed E-state index contributed by atoms with van der Waals surface area (Å²) in [4.78, 5) is 11.0. The summed E-state index contributed by atoms with van der Waals surface area (Å²) in [7, 11) is 1.15. The van der Waals surface area contributed by atoms with E-state index in [1.165, 1.54) is 0 Å². The Balaban J connectivity index is 1.59. The number of nitriles is 1. The summed E-state index contributed by atoms with van der Waals surface area (Å²) < 4.78 is 122. The van der Waals surface area contributed by atoms with Crippen molar-refractivity contribution >= 4 is 43.1 Å². The van der Waals surface area contributed by atoms with Crippen LogP contribution in [0, 0.1) is 23.0 Å². The minimum Gasteiger partial charge on any atom is -0.461 e. The summed E-state index contributed by atoms with van der Waals surface area (Å²) in [5.41, 5.74) is 1.11. The van der Waals surface area contributed by atoms with Crippen molar-refractivity contribution in [1.82, 2.24) is 14.9 Å². The van der Waals surface area contributed by atoms with Crippen LogP contribution in [0.15, 0.2) is 18.2 Å². The molecule has 2 unspecified atom stereocenters. The summed E-state index contributed by atoms with van der Waals surface area (Å²) in [6.07, 6.45) is -7.70. The highest BCUT2D eigenvalue weighted by Gasteiger charge is 2.49. The molecule has 2 aromatic carbocycles. The molecule has 2 atom stereocenters. The van der Waals surface area contributed by atoms with Crippen molar-refractivity contribution in [1.29, 1.82) is 5.26 Å². The van der Waals surface area contributed by atoms with Crippen molar-refractivity contribution in [2.24, 2.45) is 0 Å². The number of alkyl halides is 6. The van der Waals surface area contributed by atoms with E-state index in [0.29, 0.717) is 30.4 Å². The largest absolute Gasteiger partial charge is 0.461 e. The van der Waals surface area contributed by atoms with E-state index < -0.39 is 81.9 Å². The van der Waals surface area contributed by atoms with Gasteiger partial charge in [-0.2, -0.15) is 28.4 Å². The standard InChI is InChI=1S/C29H24F8N6OS/c1-42(11-19(32)33)26-15-7-17(29(35,36)37)21(14-3-4-18(31)24-20(14)16(9-38)25(39)45-24)22(34)23(15)40-27(41-26)44-12-28-5-2-6-43(28)10-13(30)8-28/h3-4,7,13,19H,2,5-6,8,10-12,39H2,1H3. The summed E-state index contributed by atoms with van der Waals surface area (Å²) in [5.74, 6) is -2.85. The molecule has 0 aliphatic carbocycles. The van der Waals surface area contributed by atoms with Gasteiger partial charge in [0.2, 0.25) is 0 Å². The lowest BCUT2D eigenvalue weighted by molar-refractivity contribution is -0.137. The van der Waals surface area contributed by atoms with Gasteiger partial charge >= 0.3 is 12.2 Å². The number of aromatic nitrogens is 2. The van der Waals surface area contributed by atoms with E-state index in [2.05, 4.69) is 9.97 Å². The van der Waals surface area contributed by atoms with Gasteiger partial charge in [0, 0.05) is 36.3 Å². The monoisotopic (exact) mass is 656 g/mol. The smallest absolute Gasteiger partial charge is 0.417 e. The Morgan fingerprint density at radius 3 is 2.71 bits per heavy atom. The summed E-state index contributed by atoms with van der Waals surface area (Å²) >= 11 is 0.624. The maximum absolute atomic E-state index is 16.6. The molecule has 0 saturated carbocycles. The first-order valence-corrected chi connectivity index (χ1v) is 14.6. The van der Waals surface area contributed by atoms with Crippen LogP contribution in [0.25, 0.3) is 32.1 Å². The predicted octanol–water partition coefficient (Wildman–Crippen LogP) is 6.92. The SMILES string of the molecule is CN(CC(F)F)c1nc(OCC23CCCN2CC(F)C3)nc2c(F)c(-c3ccc(F)c4sc(N)c(C#N)c34)c(C(F)(F)F)cc12. The molecule has 0 bridgehead atoms. The van der Waals surface area contributed by atoms with Gasteiger partial charge in [-0.1, -0.05) is 6.07 Å². The van der Waals surface area contributed by atoms with Crippen molar-refractivity contribution < 1.29 is 39.9 Å². The predicted molar refractivity (Wildman–Crippen MR) is 152 cm³/mol. The highest BCUT2D eigenvalue weighted by Crippen LogP contribution is 2.48. The van der Waals surface area contributed by atoms with Crippen LogP contribution >= 0.6 is 11.3 Å². The first-order chi connectivity index (χ1) is 21.2. The van der Waals surface area contributed by atoms with Gasteiger partial charge in [-0.3, -0.25) is 4.90 Å². The Labute approximate surface area is 254 Å². The average Bonchev–Trinajstić information content (AvgIpc) is 3.60. The zero-order valence-corrected chi connectivity index (χ0v) is 24.3. The highest BCUT2D eigenvalue weighted by molar-refractivity contribution is 7.23. The number of ether oxygens (including phenoxy) is 1. The van der Waals surface area contributed by atoms with E-state index in [-0.39, 0.29) is 40.2 Å². The molecular weight excluding hydrogens is 632 g/mol.